The summed E-state index contributed by atoms with van der Waals surface area (Å²) >= 11 is 0. The van der Waals surface area contributed by atoms with E-state index in [1.54, 1.807) is 0 Å². The maximum Gasteiger partial charge on any atom is 0.403 e. The molecule has 11 heteroatoms. The molecule has 0 saturated heterocycles. The van der Waals surface area contributed by atoms with Gasteiger partial charge in [0, 0.05) is 49.7 Å². The van der Waals surface area contributed by atoms with Crippen molar-refractivity contribution in [3.05, 3.63) is 149 Å². The van der Waals surface area contributed by atoms with Gasteiger partial charge >= 0.3 is 12.4 Å². The van der Waals surface area contributed by atoms with E-state index in [1.165, 1.54) is 30.5 Å². The Morgan fingerprint density at radius 3 is 2.12 bits per heavy atom. The molecular formula is C58H59F6IrN3O-2. The first-order valence-corrected chi connectivity index (χ1v) is 22.7. The number of aryl methyl sites for hydroxylation is 3. The molecule has 4 nitrogen and oxygen atoms in total. The zero-order valence-corrected chi connectivity index (χ0v) is 41.8. The number of aromatic nitrogens is 3. The quantitative estimate of drug-likeness (QED) is 0.112. The van der Waals surface area contributed by atoms with E-state index in [4.69, 9.17) is 20.4 Å². The first-order chi connectivity index (χ1) is 35.6. The van der Waals surface area contributed by atoms with Crippen molar-refractivity contribution in [1.29, 1.82) is 0 Å². The number of nitrogens with zero attached hydrogens (tertiary/aromatic N) is 3. The Kier molecular flexibility index (Phi) is 11.7. The number of rotatable bonds is 8. The summed E-state index contributed by atoms with van der Waals surface area (Å²) in [6.45, 7) is 8.88. The van der Waals surface area contributed by atoms with E-state index in [1.807, 2.05) is 121 Å². The maximum atomic E-state index is 14.0. The Morgan fingerprint density at radius 2 is 1.51 bits per heavy atom. The van der Waals surface area contributed by atoms with Crippen LogP contribution >= 0.6 is 0 Å². The van der Waals surface area contributed by atoms with Crippen molar-refractivity contribution in [2.75, 3.05) is 0 Å². The van der Waals surface area contributed by atoms with Gasteiger partial charge in [-0.25, -0.2) is 0 Å². The predicted octanol–water partition coefficient (Wildman–Crippen LogP) is 17.5. The maximum absolute atomic E-state index is 14.0. The molecule has 0 N–H and O–H groups in total. The molecule has 0 unspecified atom stereocenters. The first kappa shape index (κ1) is 40.5. The molecule has 0 atom stereocenters. The van der Waals surface area contributed by atoms with Crippen LogP contribution in [0.3, 0.4) is 0 Å². The van der Waals surface area contributed by atoms with Crippen LogP contribution in [0.1, 0.15) is 144 Å². The van der Waals surface area contributed by atoms with Crippen molar-refractivity contribution < 1.29 is 63.2 Å². The van der Waals surface area contributed by atoms with Gasteiger partial charge in [0.1, 0.15) is 5.58 Å². The van der Waals surface area contributed by atoms with Crippen LogP contribution in [0, 0.1) is 36.7 Å². The van der Waals surface area contributed by atoms with Gasteiger partial charge in [-0.15, -0.1) is 53.6 Å². The molecule has 1 aliphatic carbocycles. The fourth-order valence-corrected chi connectivity index (χ4v) is 8.98. The number of imidazole rings is 1. The van der Waals surface area contributed by atoms with Crippen molar-refractivity contribution in [1.82, 2.24) is 14.5 Å². The van der Waals surface area contributed by atoms with Crippen LogP contribution in [0.4, 0.5) is 26.3 Å². The van der Waals surface area contributed by atoms with Crippen LogP contribution in [0.5, 0.6) is 0 Å². The smallest absolute Gasteiger partial charge is 0.403 e. The SMILES string of the molecule is [2H]C([2H])([2H])c1c[c-]c(-c2cc(C([2H])([2H])[2H])c(C([2H])([2H])CC(C)(C)C)cn2)cc1.[2H]C1(c2cc(C(C)C)c(-n3c(-c4[c-]ccc5c4oc4ccccc45)nc4ccccc43)c(C(C)C)c2)CCC(C(F)(F)F)(C(F)(F)F)CC1.[Ir]. The Hall–Kier alpha value is -5.25. The molecule has 8 aromatic rings. The van der Waals surface area contributed by atoms with E-state index in [0.29, 0.717) is 33.8 Å². The molecule has 365 valence electrons. The molecule has 1 radical (unpaired) electrons. The third-order valence-corrected chi connectivity index (χ3v) is 12.8. The van der Waals surface area contributed by atoms with Crippen LogP contribution < -0.4 is 0 Å². The molecule has 0 bridgehead atoms. The van der Waals surface area contributed by atoms with Gasteiger partial charge in [0.15, 0.2) is 5.41 Å². The number of alkyl halides is 6. The molecule has 9 rings (SSSR count). The van der Waals surface area contributed by atoms with Crippen LogP contribution in [-0.2, 0) is 26.5 Å². The summed E-state index contributed by atoms with van der Waals surface area (Å²) in [5.41, 5.74) is 3.10. The van der Waals surface area contributed by atoms with E-state index in [2.05, 4.69) is 21.7 Å². The van der Waals surface area contributed by atoms with Crippen molar-refractivity contribution in [3.8, 4) is 28.3 Å². The molecule has 0 aliphatic heterocycles. The average molecular weight is 1130 g/mol. The number of hydrogen-bond acceptors (Lipinski definition) is 3. The van der Waals surface area contributed by atoms with E-state index < -0.39 is 69.4 Å². The molecule has 0 spiro atoms. The van der Waals surface area contributed by atoms with Crippen LogP contribution in [0.25, 0.3) is 61.3 Å². The third kappa shape index (κ3) is 10.3. The third-order valence-electron chi connectivity index (χ3n) is 12.8. The number of halogens is 6. The molecule has 1 aliphatic rings. The normalized spacial score (nSPS) is 17.6. The summed E-state index contributed by atoms with van der Waals surface area (Å²) in [4.78, 5) is 9.34. The van der Waals surface area contributed by atoms with Gasteiger partial charge in [0.25, 0.3) is 0 Å². The number of furan rings is 1. The number of pyridine rings is 1. The summed E-state index contributed by atoms with van der Waals surface area (Å²) in [7, 11) is 0. The molecule has 5 aromatic carbocycles. The average Bonchev–Trinajstić information content (AvgIpc) is 4.10. The summed E-state index contributed by atoms with van der Waals surface area (Å²) in [6, 6.07) is 34.7. The zero-order valence-electron chi connectivity index (χ0n) is 48.4. The molecule has 3 heterocycles. The fraction of sp³-hybridized carbons (Fsp3) is 0.379. The van der Waals surface area contributed by atoms with E-state index in [0.717, 1.165) is 44.2 Å². The molecule has 3 aromatic heterocycles. The Morgan fingerprint density at radius 1 is 0.841 bits per heavy atom. The Labute approximate surface area is 428 Å². The minimum atomic E-state index is -5.46. The van der Waals surface area contributed by atoms with Gasteiger partial charge in [0.2, 0.25) is 0 Å². The molecule has 69 heavy (non-hydrogen) atoms. The van der Waals surface area contributed by atoms with Gasteiger partial charge < -0.3 is 14.0 Å². The van der Waals surface area contributed by atoms with Crippen LogP contribution in [-0.4, -0.2) is 26.9 Å². The van der Waals surface area contributed by atoms with E-state index >= 15 is 0 Å². The zero-order chi connectivity index (χ0) is 56.6. The Balaban J connectivity index is 0.000000260. The summed E-state index contributed by atoms with van der Waals surface area (Å²) in [6.07, 6.45) is -14.9. The Bertz CT molecular complexity index is 3410. The first-order valence-electron chi connectivity index (χ1n) is 27.2. The van der Waals surface area contributed by atoms with Crippen molar-refractivity contribution >= 4 is 33.0 Å². The predicted molar refractivity (Wildman–Crippen MR) is 262 cm³/mol. The minimum Gasteiger partial charge on any atom is -0.501 e. The molecular weight excluding hydrogens is 1060 g/mol. The van der Waals surface area contributed by atoms with Gasteiger partial charge in [-0.1, -0.05) is 120 Å². The van der Waals surface area contributed by atoms with Gasteiger partial charge in [-0.2, -0.15) is 26.3 Å². The number of para-hydroxylation sites is 3. The second-order valence-electron chi connectivity index (χ2n) is 19.5. The van der Waals surface area contributed by atoms with Gasteiger partial charge in [-0.3, -0.25) is 4.98 Å². The second kappa shape index (κ2) is 19.9. The fourth-order valence-electron chi connectivity index (χ4n) is 8.98. The summed E-state index contributed by atoms with van der Waals surface area (Å²) in [5, 5.41) is 1.87. The van der Waals surface area contributed by atoms with Gasteiger partial charge in [0.05, 0.1) is 22.4 Å². The number of hydrogen-bond donors (Lipinski definition) is 0. The standard InChI is InChI=1S/C39H35F6N2O.C19H24N.Ir/c1-22(2)29-20-25(24-16-18-37(19-17-24,38(40,41)42)39(43,44)45)21-30(23(3)4)34(29)47-32-14-7-6-13-31(32)46-36(47)28-12-9-11-27-26-10-5-8-15-33(26)48-35(27)28;1-14-6-8-16(9-7-14)18-12-15(2)17(13-20-18)10-11-19(3,4)5;/h5-11,13-15,20-24H,16-19H2,1-4H3;6-8,12-13H,10-11H2,1-5H3;/q2*-1;/i24D;1D3,2D3,10D2;. The molecule has 1 fully saturated rings. The van der Waals surface area contributed by atoms with Gasteiger partial charge in [-0.05, 0) is 115 Å². The van der Waals surface area contributed by atoms with Crippen molar-refractivity contribution in [2.45, 2.75) is 131 Å². The van der Waals surface area contributed by atoms with Crippen molar-refractivity contribution in [2.24, 2.45) is 10.8 Å². The second-order valence-corrected chi connectivity index (χ2v) is 19.5. The topological polar surface area (TPSA) is 43.9 Å². The molecule has 1 saturated carbocycles. The van der Waals surface area contributed by atoms with E-state index in [-0.39, 0.29) is 60.5 Å². The summed E-state index contributed by atoms with van der Waals surface area (Å²) in [5.74, 6) is -1.28. The largest absolute Gasteiger partial charge is 0.501 e. The number of benzene rings is 5. The minimum absolute atomic E-state index is 0. The molecule has 0 amide bonds. The summed E-state index contributed by atoms with van der Waals surface area (Å²) < 4.78 is 164. The number of fused-ring (bicyclic) bond motifs is 4. The van der Waals surface area contributed by atoms with Crippen LogP contribution in [0.2, 0.25) is 0 Å². The monoisotopic (exact) mass is 1130 g/mol. The van der Waals surface area contributed by atoms with E-state index in [9.17, 15) is 27.7 Å². The van der Waals surface area contributed by atoms with Crippen LogP contribution in [0.15, 0.2) is 108 Å². The van der Waals surface area contributed by atoms with Crippen molar-refractivity contribution in [3.63, 3.8) is 0 Å².